The van der Waals surface area contributed by atoms with Crippen molar-refractivity contribution in [2.75, 3.05) is 11.9 Å². The lowest BCUT2D eigenvalue weighted by atomic mass is 9.82. The molecule has 0 amide bonds. The fourth-order valence-corrected chi connectivity index (χ4v) is 2.54. The second-order valence-corrected chi connectivity index (χ2v) is 4.88. The Bertz CT molecular complexity index is 410. The maximum absolute atomic E-state index is 8.90. The maximum Gasteiger partial charge on any atom is 0.182 e. The summed E-state index contributed by atoms with van der Waals surface area (Å²) in [6.07, 6.45) is 8.39. The SMILES string of the molecule is CC1CCCC(CNc2nccnc2C#N)C1. The van der Waals surface area contributed by atoms with Crippen molar-refractivity contribution < 1.29 is 0 Å². The highest BCUT2D eigenvalue weighted by molar-refractivity contribution is 5.46. The van der Waals surface area contributed by atoms with E-state index in [1.54, 1.807) is 12.4 Å². The summed E-state index contributed by atoms with van der Waals surface area (Å²) in [7, 11) is 0. The highest BCUT2D eigenvalue weighted by Gasteiger charge is 2.19. The first-order chi connectivity index (χ1) is 8.29. The van der Waals surface area contributed by atoms with Gasteiger partial charge in [0.05, 0.1) is 0 Å². The highest BCUT2D eigenvalue weighted by Crippen LogP contribution is 2.28. The van der Waals surface area contributed by atoms with Gasteiger partial charge in [0, 0.05) is 18.9 Å². The molecule has 1 aromatic heterocycles. The Labute approximate surface area is 102 Å². The van der Waals surface area contributed by atoms with Gasteiger partial charge in [-0.3, -0.25) is 0 Å². The van der Waals surface area contributed by atoms with Crippen LogP contribution in [0, 0.1) is 23.2 Å². The quantitative estimate of drug-likeness (QED) is 0.867. The zero-order valence-corrected chi connectivity index (χ0v) is 10.2. The topological polar surface area (TPSA) is 61.6 Å². The summed E-state index contributed by atoms with van der Waals surface area (Å²) >= 11 is 0. The number of hydrogen-bond donors (Lipinski definition) is 1. The molecule has 1 aliphatic rings. The van der Waals surface area contributed by atoms with Gasteiger partial charge < -0.3 is 5.32 Å². The number of nitrogens with zero attached hydrogens (tertiary/aromatic N) is 3. The molecule has 2 unspecified atom stereocenters. The number of hydrogen-bond acceptors (Lipinski definition) is 4. The van der Waals surface area contributed by atoms with Crippen LogP contribution in [0.15, 0.2) is 12.4 Å². The molecule has 0 spiro atoms. The molecule has 1 fully saturated rings. The second-order valence-electron chi connectivity index (χ2n) is 4.88. The second kappa shape index (κ2) is 5.62. The molecular weight excluding hydrogens is 212 g/mol. The van der Waals surface area contributed by atoms with Gasteiger partial charge in [-0.25, -0.2) is 9.97 Å². The Morgan fingerprint density at radius 3 is 3.00 bits per heavy atom. The molecule has 17 heavy (non-hydrogen) atoms. The molecule has 2 atom stereocenters. The first-order valence-corrected chi connectivity index (χ1v) is 6.24. The van der Waals surface area contributed by atoms with Crippen LogP contribution in [0.4, 0.5) is 5.82 Å². The number of anilines is 1. The summed E-state index contributed by atoms with van der Waals surface area (Å²) in [4.78, 5) is 8.15. The molecule has 0 saturated heterocycles. The Morgan fingerprint density at radius 1 is 1.41 bits per heavy atom. The van der Waals surface area contributed by atoms with Gasteiger partial charge in [-0.1, -0.05) is 19.8 Å². The van der Waals surface area contributed by atoms with Crippen LogP contribution in [0.2, 0.25) is 0 Å². The molecule has 0 aliphatic heterocycles. The Kier molecular flexibility index (Phi) is 3.92. The van der Waals surface area contributed by atoms with Crippen molar-refractivity contribution in [1.29, 1.82) is 5.26 Å². The van der Waals surface area contributed by atoms with Crippen LogP contribution in [0.3, 0.4) is 0 Å². The molecule has 4 nitrogen and oxygen atoms in total. The summed E-state index contributed by atoms with van der Waals surface area (Å²) in [6.45, 7) is 3.22. The monoisotopic (exact) mass is 230 g/mol. The van der Waals surface area contributed by atoms with E-state index in [0.717, 1.165) is 12.5 Å². The van der Waals surface area contributed by atoms with Gasteiger partial charge in [0.1, 0.15) is 6.07 Å². The van der Waals surface area contributed by atoms with E-state index in [2.05, 4.69) is 28.3 Å². The molecule has 0 aromatic carbocycles. The predicted molar refractivity (Wildman–Crippen MR) is 66.4 cm³/mol. The minimum Gasteiger partial charge on any atom is -0.367 e. The predicted octanol–water partition coefficient (Wildman–Crippen LogP) is 2.59. The molecule has 0 bridgehead atoms. The molecule has 1 N–H and O–H groups in total. The van der Waals surface area contributed by atoms with Gasteiger partial charge in [-0.2, -0.15) is 5.26 Å². The van der Waals surface area contributed by atoms with E-state index in [0.29, 0.717) is 17.4 Å². The van der Waals surface area contributed by atoms with Crippen molar-refractivity contribution in [2.45, 2.75) is 32.6 Å². The standard InChI is InChI=1S/C13H18N4/c1-10-3-2-4-11(7-10)9-17-13-12(8-14)15-5-6-16-13/h5-6,10-11H,2-4,7,9H2,1H3,(H,16,17). The molecule has 1 aromatic rings. The van der Waals surface area contributed by atoms with Crippen LogP contribution in [0.25, 0.3) is 0 Å². The van der Waals surface area contributed by atoms with E-state index in [-0.39, 0.29) is 0 Å². The van der Waals surface area contributed by atoms with Gasteiger partial charge in [0.25, 0.3) is 0 Å². The summed E-state index contributed by atoms with van der Waals surface area (Å²) in [6, 6.07) is 2.06. The zero-order chi connectivity index (χ0) is 12.1. The highest BCUT2D eigenvalue weighted by atomic mass is 15.0. The largest absolute Gasteiger partial charge is 0.367 e. The van der Waals surface area contributed by atoms with Crippen LogP contribution >= 0.6 is 0 Å². The average Bonchev–Trinajstić information content (AvgIpc) is 2.37. The molecule has 4 heteroatoms. The van der Waals surface area contributed by atoms with Crippen LogP contribution in [-0.4, -0.2) is 16.5 Å². The van der Waals surface area contributed by atoms with Crippen molar-refractivity contribution in [3.63, 3.8) is 0 Å². The fourth-order valence-electron chi connectivity index (χ4n) is 2.54. The first-order valence-electron chi connectivity index (χ1n) is 6.24. The number of nitrogens with one attached hydrogen (secondary N) is 1. The lowest BCUT2D eigenvalue weighted by Crippen LogP contribution is -2.21. The van der Waals surface area contributed by atoms with E-state index >= 15 is 0 Å². The van der Waals surface area contributed by atoms with Crippen LogP contribution in [0.5, 0.6) is 0 Å². The third-order valence-electron chi connectivity index (χ3n) is 3.41. The van der Waals surface area contributed by atoms with E-state index < -0.39 is 0 Å². The molecular formula is C13H18N4. The fraction of sp³-hybridized carbons (Fsp3) is 0.615. The van der Waals surface area contributed by atoms with E-state index in [4.69, 9.17) is 5.26 Å². The minimum atomic E-state index is 0.386. The summed E-state index contributed by atoms with van der Waals surface area (Å²) in [5.74, 6) is 2.15. The van der Waals surface area contributed by atoms with E-state index in [1.165, 1.54) is 25.7 Å². The molecule has 90 valence electrons. The molecule has 1 aliphatic carbocycles. The van der Waals surface area contributed by atoms with Crippen LogP contribution in [-0.2, 0) is 0 Å². The van der Waals surface area contributed by atoms with Crippen molar-refractivity contribution in [3.05, 3.63) is 18.1 Å². The molecule has 2 rings (SSSR count). The zero-order valence-electron chi connectivity index (χ0n) is 10.2. The van der Waals surface area contributed by atoms with Gasteiger partial charge in [-0.05, 0) is 24.7 Å². The minimum absolute atomic E-state index is 0.386. The summed E-state index contributed by atoms with van der Waals surface area (Å²) < 4.78 is 0. The smallest absolute Gasteiger partial charge is 0.182 e. The lowest BCUT2D eigenvalue weighted by molar-refractivity contribution is 0.293. The van der Waals surface area contributed by atoms with Gasteiger partial charge >= 0.3 is 0 Å². The third kappa shape index (κ3) is 3.16. The maximum atomic E-state index is 8.90. The van der Waals surface area contributed by atoms with E-state index in [9.17, 15) is 0 Å². The Hall–Kier alpha value is -1.63. The lowest BCUT2D eigenvalue weighted by Gasteiger charge is -2.26. The van der Waals surface area contributed by atoms with Gasteiger partial charge in [0.2, 0.25) is 0 Å². The molecule has 1 saturated carbocycles. The Morgan fingerprint density at radius 2 is 2.24 bits per heavy atom. The third-order valence-corrected chi connectivity index (χ3v) is 3.41. The summed E-state index contributed by atoms with van der Waals surface area (Å²) in [5.41, 5.74) is 0.386. The van der Waals surface area contributed by atoms with Crippen molar-refractivity contribution in [1.82, 2.24) is 9.97 Å². The van der Waals surface area contributed by atoms with Crippen LogP contribution < -0.4 is 5.32 Å². The van der Waals surface area contributed by atoms with Crippen molar-refractivity contribution in [3.8, 4) is 6.07 Å². The van der Waals surface area contributed by atoms with Gasteiger partial charge in [-0.15, -0.1) is 0 Å². The Balaban J connectivity index is 1.91. The summed E-state index contributed by atoms with van der Waals surface area (Å²) in [5, 5.41) is 12.2. The normalized spacial score (nSPS) is 24.0. The van der Waals surface area contributed by atoms with E-state index in [1.807, 2.05) is 0 Å². The van der Waals surface area contributed by atoms with Crippen molar-refractivity contribution in [2.24, 2.45) is 11.8 Å². The van der Waals surface area contributed by atoms with Gasteiger partial charge in [0.15, 0.2) is 11.5 Å². The number of rotatable bonds is 3. The number of aromatic nitrogens is 2. The van der Waals surface area contributed by atoms with Crippen LogP contribution in [0.1, 0.15) is 38.3 Å². The first kappa shape index (κ1) is 11.8. The number of nitriles is 1. The van der Waals surface area contributed by atoms with Crippen molar-refractivity contribution >= 4 is 5.82 Å². The molecule has 0 radical (unpaired) electrons. The molecule has 1 heterocycles. The average molecular weight is 230 g/mol.